The minimum Gasteiger partial charge on any atom is -0.375 e. The third kappa shape index (κ3) is 9.11. The summed E-state index contributed by atoms with van der Waals surface area (Å²) in [7, 11) is 6.38. The van der Waals surface area contributed by atoms with E-state index in [0.29, 0.717) is 0 Å². The van der Waals surface area contributed by atoms with Crippen molar-refractivity contribution in [3.8, 4) is 0 Å². The van der Waals surface area contributed by atoms with Crippen molar-refractivity contribution in [1.29, 1.82) is 0 Å². The molecule has 130 valence electrons. The maximum absolute atomic E-state index is 4.12. The molecule has 0 aliphatic carbocycles. The molecule has 0 N–H and O–H groups in total. The number of rotatable bonds is 10. The Morgan fingerprint density at radius 1 is 0.875 bits per heavy atom. The molecule has 1 rings (SSSR count). The van der Waals surface area contributed by atoms with Gasteiger partial charge in [0.2, 0.25) is 0 Å². The fourth-order valence-corrected chi connectivity index (χ4v) is 2.17. The highest BCUT2D eigenvalue weighted by Crippen LogP contribution is 2.15. The van der Waals surface area contributed by atoms with Gasteiger partial charge < -0.3 is 9.80 Å². The van der Waals surface area contributed by atoms with E-state index >= 15 is 0 Å². The second-order valence-electron chi connectivity index (χ2n) is 5.95. The van der Waals surface area contributed by atoms with Crippen molar-refractivity contribution in [2.45, 2.75) is 13.3 Å². The fraction of sp³-hybridized carbons (Fsp3) is 0.381. The quantitative estimate of drug-likeness (QED) is 0.472. The van der Waals surface area contributed by atoms with Crippen LogP contribution >= 0.6 is 0 Å². The molecule has 0 radical (unpaired) electrons. The maximum atomic E-state index is 4.12. The molecule has 1 aromatic rings. The van der Waals surface area contributed by atoms with Gasteiger partial charge in [-0.05, 0) is 57.8 Å². The lowest BCUT2D eigenvalue weighted by molar-refractivity contribution is 0.401. The van der Waals surface area contributed by atoms with E-state index in [-0.39, 0.29) is 0 Å². The van der Waals surface area contributed by atoms with Crippen LogP contribution in [0.1, 0.15) is 18.9 Å². The van der Waals surface area contributed by atoms with Crippen LogP contribution in [0, 0.1) is 0 Å². The molecular weight excluding hydrogens is 294 g/mol. The molecule has 0 fully saturated rings. The van der Waals surface area contributed by atoms with E-state index in [9.17, 15) is 0 Å². The van der Waals surface area contributed by atoms with Gasteiger partial charge in [0, 0.05) is 32.0 Å². The highest BCUT2D eigenvalue weighted by molar-refractivity contribution is 5.71. The number of benzene rings is 1. The van der Waals surface area contributed by atoms with Gasteiger partial charge in [-0.1, -0.05) is 42.5 Å². The van der Waals surface area contributed by atoms with Gasteiger partial charge in [-0.3, -0.25) is 4.99 Å². The number of anilines is 1. The van der Waals surface area contributed by atoms with E-state index in [1.807, 2.05) is 37.4 Å². The standard InChI is InChI=1S/C21H31N3/c1-5-22-17-10-8-6-7-9-12-20-13-15-21(16-14-20)24(4)19-11-18-23(2)3/h6-10,12-17H,5,11,18-19H2,1-4H3. The molecule has 0 spiro atoms. The monoisotopic (exact) mass is 325 g/mol. The van der Waals surface area contributed by atoms with Crippen molar-refractivity contribution in [1.82, 2.24) is 4.90 Å². The summed E-state index contributed by atoms with van der Waals surface area (Å²) >= 11 is 0. The van der Waals surface area contributed by atoms with Gasteiger partial charge in [-0.25, -0.2) is 0 Å². The van der Waals surface area contributed by atoms with Crippen LogP contribution in [0.3, 0.4) is 0 Å². The predicted octanol–water partition coefficient (Wildman–Crippen LogP) is 4.29. The summed E-state index contributed by atoms with van der Waals surface area (Å²) in [5.41, 5.74) is 2.47. The third-order valence-electron chi connectivity index (χ3n) is 3.54. The van der Waals surface area contributed by atoms with E-state index in [1.165, 1.54) is 17.7 Å². The normalized spacial score (nSPS) is 12.5. The van der Waals surface area contributed by atoms with Crippen molar-refractivity contribution in [3.05, 3.63) is 60.2 Å². The molecule has 0 saturated heterocycles. The molecule has 3 heteroatoms. The van der Waals surface area contributed by atoms with Gasteiger partial charge in [0.25, 0.3) is 0 Å². The summed E-state index contributed by atoms with van der Waals surface area (Å²) in [5.74, 6) is 0. The Labute approximate surface area is 147 Å². The van der Waals surface area contributed by atoms with Gasteiger partial charge in [-0.2, -0.15) is 0 Å². The summed E-state index contributed by atoms with van der Waals surface area (Å²) < 4.78 is 0. The smallest absolute Gasteiger partial charge is 0.0364 e. The Kier molecular flexibility index (Phi) is 10.2. The number of hydrogen-bond donors (Lipinski definition) is 0. The Bertz CT molecular complexity index is 551. The number of aliphatic imine (C=N–C) groups is 1. The first-order valence-electron chi connectivity index (χ1n) is 8.59. The van der Waals surface area contributed by atoms with Gasteiger partial charge >= 0.3 is 0 Å². The number of nitrogens with zero attached hydrogens (tertiary/aromatic N) is 3. The van der Waals surface area contributed by atoms with Crippen LogP contribution in [-0.2, 0) is 0 Å². The summed E-state index contributed by atoms with van der Waals surface area (Å²) in [6.07, 6.45) is 15.1. The lowest BCUT2D eigenvalue weighted by Crippen LogP contribution is -2.23. The molecule has 0 aliphatic heterocycles. The molecule has 0 amide bonds. The van der Waals surface area contributed by atoms with Crippen LogP contribution in [-0.4, -0.2) is 51.9 Å². The lowest BCUT2D eigenvalue weighted by atomic mass is 10.2. The molecular formula is C21H31N3. The molecule has 0 aliphatic rings. The minimum absolute atomic E-state index is 0.828. The van der Waals surface area contributed by atoms with Crippen LogP contribution in [0.5, 0.6) is 0 Å². The first kappa shape index (κ1) is 19.9. The average molecular weight is 326 g/mol. The molecule has 0 saturated carbocycles. The van der Waals surface area contributed by atoms with Crippen LogP contribution in [0.25, 0.3) is 6.08 Å². The van der Waals surface area contributed by atoms with Gasteiger partial charge in [0.05, 0.1) is 0 Å². The van der Waals surface area contributed by atoms with Crippen molar-refractivity contribution < 1.29 is 0 Å². The van der Waals surface area contributed by atoms with Gasteiger partial charge in [0.15, 0.2) is 0 Å². The largest absolute Gasteiger partial charge is 0.375 e. The average Bonchev–Trinajstić information content (AvgIpc) is 2.57. The second kappa shape index (κ2) is 12.3. The topological polar surface area (TPSA) is 18.8 Å². The van der Waals surface area contributed by atoms with Crippen LogP contribution in [0.15, 0.2) is 59.6 Å². The molecule has 0 bridgehead atoms. The van der Waals surface area contributed by atoms with E-state index in [0.717, 1.165) is 19.6 Å². The van der Waals surface area contributed by atoms with Crippen molar-refractivity contribution in [2.75, 3.05) is 45.7 Å². The third-order valence-corrected chi connectivity index (χ3v) is 3.54. The van der Waals surface area contributed by atoms with Crippen LogP contribution < -0.4 is 4.90 Å². The Hall–Kier alpha value is -2.13. The number of allylic oxidation sites excluding steroid dienone is 5. The Morgan fingerprint density at radius 3 is 2.21 bits per heavy atom. The van der Waals surface area contributed by atoms with Crippen LogP contribution in [0.4, 0.5) is 5.69 Å². The molecule has 24 heavy (non-hydrogen) atoms. The zero-order valence-electron chi connectivity index (χ0n) is 15.5. The van der Waals surface area contributed by atoms with Crippen LogP contribution in [0.2, 0.25) is 0 Å². The summed E-state index contributed by atoms with van der Waals surface area (Å²) in [6.45, 7) is 5.05. The van der Waals surface area contributed by atoms with Crippen molar-refractivity contribution in [2.24, 2.45) is 4.99 Å². The van der Waals surface area contributed by atoms with E-state index in [4.69, 9.17) is 0 Å². The molecule has 1 aromatic carbocycles. The zero-order valence-corrected chi connectivity index (χ0v) is 15.5. The predicted molar refractivity (Wildman–Crippen MR) is 109 cm³/mol. The molecule has 0 atom stereocenters. The van der Waals surface area contributed by atoms with Gasteiger partial charge in [0.1, 0.15) is 0 Å². The maximum Gasteiger partial charge on any atom is 0.0364 e. The first-order chi connectivity index (χ1) is 11.6. The van der Waals surface area contributed by atoms with E-state index in [2.05, 4.69) is 72.4 Å². The molecule has 3 nitrogen and oxygen atoms in total. The molecule has 0 heterocycles. The minimum atomic E-state index is 0.828. The summed E-state index contributed by atoms with van der Waals surface area (Å²) in [4.78, 5) is 8.64. The highest BCUT2D eigenvalue weighted by Gasteiger charge is 2.00. The van der Waals surface area contributed by atoms with E-state index in [1.54, 1.807) is 0 Å². The van der Waals surface area contributed by atoms with E-state index < -0.39 is 0 Å². The highest BCUT2D eigenvalue weighted by atomic mass is 15.1. The Balaban J connectivity index is 2.43. The molecule has 0 unspecified atom stereocenters. The van der Waals surface area contributed by atoms with Gasteiger partial charge in [-0.15, -0.1) is 0 Å². The summed E-state index contributed by atoms with van der Waals surface area (Å²) in [6, 6.07) is 8.68. The Morgan fingerprint density at radius 2 is 1.54 bits per heavy atom. The fourth-order valence-electron chi connectivity index (χ4n) is 2.17. The zero-order chi connectivity index (χ0) is 17.6. The number of hydrogen-bond acceptors (Lipinski definition) is 3. The summed E-state index contributed by atoms with van der Waals surface area (Å²) in [5, 5.41) is 0. The SMILES string of the molecule is CCN=CC=CC=CC=Cc1ccc(N(C)CCCN(C)C)cc1. The van der Waals surface area contributed by atoms with Crippen molar-refractivity contribution in [3.63, 3.8) is 0 Å². The molecule has 0 aromatic heterocycles. The lowest BCUT2D eigenvalue weighted by Gasteiger charge is -2.20. The first-order valence-corrected chi connectivity index (χ1v) is 8.59. The van der Waals surface area contributed by atoms with Crippen molar-refractivity contribution >= 4 is 18.0 Å². The second-order valence-corrected chi connectivity index (χ2v) is 5.95.